The van der Waals surface area contributed by atoms with Gasteiger partial charge in [0.05, 0.1) is 10.9 Å². The third-order valence-electron chi connectivity index (χ3n) is 6.62. The van der Waals surface area contributed by atoms with E-state index in [0.29, 0.717) is 48.7 Å². The van der Waals surface area contributed by atoms with Crippen LogP contribution in [0.5, 0.6) is 0 Å². The van der Waals surface area contributed by atoms with Gasteiger partial charge in [-0.05, 0) is 55.7 Å². The molecule has 0 unspecified atom stereocenters. The molecule has 3 amide bonds. The highest BCUT2D eigenvalue weighted by Gasteiger charge is 2.37. The SMILES string of the molecule is CNC(=O)[C@H](CCCCNC(=N)N)NC(=O)c1csc([C@@H]2C[C@@H](N)CN2C(=O)c2cc3ccc(C)cc3s2)n1. The summed E-state index contributed by atoms with van der Waals surface area (Å²) in [5, 5.41) is 18.6. The number of hydrogen-bond donors (Lipinski definition) is 6. The number of nitrogens with zero attached hydrogens (tertiary/aromatic N) is 2. The van der Waals surface area contributed by atoms with Gasteiger partial charge in [0.15, 0.2) is 5.96 Å². The summed E-state index contributed by atoms with van der Waals surface area (Å²) in [5.74, 6) is -0.941. The summed E-state index contributed by atoms with van der Waals surface area (Å²) >= 11 is 2.78. The van der Waals surface area contributed by atoms with E-state index >= 15 is 0 Å². The molecule has 2 aromatic heterocycles. The van der Waals surface area contributed by atoms with Crippen LogP contribution < -0.4 is 27.4 Å². The second-order valence-electron chi connectivity index (χ2n) is 9.67. The molecule has 0 aliphatic carbocycles. The molecular weight excluding hydrogens is 536 g/mol. The Morgan fingerprint density at radius 2 is 2.05 bits per heavy atom. The van der Waals surface area contributed by atoms with Crippen LogP contribution in [0.1, 0.15) is 62.5 Å². The fourth-order valence-corrected chi connectivity index (χ4v) is 6.67. The normalized spacial score (nSPS) is 17.7. The van der Waals surface area contributed by atoms with E-state index in [2.05, 4.69) is 27.0 Å². The molecule has 1 aliphatic heterocycles. The minimum atomic E-state index is -0.723. The average Bonchev–Trinajstić information content (AvgIpc) is 3.64. The standard InChI is InChI=1S/C26H34N8O3S2/c1-14-6-7-15-10-21(39-20(15)9-14)25(37)34-12-16(27)11-19(34)24-33-18(13-38-24)23(36)32-17(22(35)30-2)5-3-4-8-31-26(28)29/h6-7,9-10,13,16-17,19H,3-5,8,11-12,27H2,1-2H3,(H,30,35)(H,32,36)(H4,28,29,31)/t16-,17+,19+/m1/s1. The summed E-state index contributed by atoms with van der Waals surface area (Å²) < 4.78 is 1.06. The zero-order valence-corrected chi connectivity index (χ0v) is 23.6. The second kappa shape index (κ2) is 12.5. The molecule has 1 aliphatic rings. The predicted molar refractivity (Wildman–Crippen MR) is 154 cm³/mol. The van der Waals surface area contributed by atoms with E-state index in [9.17, 15) is 14.4 Å². The summed E-state index contributed by atoms with van der Waals surface area (Å²) in [6.07, 6.45) is 2.32. The fourth-order valence-electron chi connectivity index (χ4n) is 4.63. The molecule has 11 nitrogen and oxygen atoms in total. The van der Waals surface area contributed by atoms with Gasteiger partial charge in [-0.3, -0.25) is 19.8 Å². The van der Waals surface area contributed by atoms with Crippen LogP contribution in [0.15, 0.2) is 29.6 Å². The number of fused-ring (bicyclic) bond motifs is 1. The lowest BCUT2D eigenvalue weighted by atomic mass is 10.1. The molecule has 13 heteroatoms. The van der Waals surface area contributed by atoms with E-state index < -0.39 is 11.9 Å². The van der Waals surface area contributed by atoms with Crippen molar-refractivity contribution >= 4 is 56.4 Å². The summed E-state index contributed by atoms with van der Waals surface area (Å²) in [6, 6.07) is 6.80. The molecule has 0 spiro atoms. The number of hydrogen-bond acceptors (Lipinski definition) is 8. The van der Waals surface area contributed by atoms with Crippen molar-refractivity contribution in [3.05, 3.63) is 50.8 Å². The summed E-state index contributed by atoms with van der Waals surface area (Å²) in [6.45, 7) is 2.95. The van der Waals surface area contributed by atoms with Crippen LogP contribution in [-0.2, 0) is 4.79 Å². The first-order chi connectivity index (χ1) is 18.7. The highest BCUT2D eigenvalue weighted by molar-refractivity contribution is 7.20. The third kappa shape index (κ3) is 6.91. The maximum absolute atomic E-state index is 13.5. The predicted octanol–water partition coefficient (Wildman–Crippen LogP) is 2.08. The Kier molecular flexibility index (Phi) is 9.15. The van der Waals surface area contributed by atoms with Crippen molar-refractivity contribution in [2.45, 2.75) is 50.7 Å². The number of rotatable bonds is 10. The van der Waals surface area contributed by atoms with E-state index in [0.717, 1.165) is 15.6 Å². The number of nitrogens with one attached hydrogen (secondary N) is 4. The van der Waals surface area contributed by atoms with Gasteiger partial charge in [-0.2, -0.15) is 0 Å². The van der Waals surface area contributed by atoms with E-state index in [1.54, 1.807) is 10.3 Å². The second-order valence-corrected chi connectivity index (χ2v) is 11.6. The molecule has 1 aromatic carbocycles. The molecular formula is C26H34N8O3S2. The fraction of sp³-hybridized carbons (Fsp3) is 0.423. The molecule has 3 atom stereocenters. The molecule has 0 bridgehead atoms. The number of likely N-dealkylation sites (N-methyl/N-ethyl adjacent to an activating group) is 1. The van der Waals surface area contributed by atoms with Crippen LogP contribution in [0.4, 0.5) is 0 Å². The molecule has 3 aromatic rings. The van der Waals surface area contributed by atoms with E-state index in [-0.39, 0.29) is 35.6 Å². The zero-order chi connectivity index (χ0) is 28.1. The Bertz CT molecular complexity index is 1370. The molecule has 1 saturated heterocycles. The van der Waals surface area contributed by atoms with Gasteiger partial charge in [-0.15, -0.1) is 22.7 Å². The number of thiazole rings is 1. The first-order valence-corrected chi connectivity index (χ1v) is 14.5. The van der Waals surface area contributed by atoms with Crippen molar-refractivity contribution in [2.24, 2.45) is 11.5 Å². The summed E-state index contributed by atoms with van der Waals surface area (Å²) in [4.78, 5) is 45.8. The maximum atomic E-state index is 13.5. The number of aryl methyl sites for hydroxylation is 1. The van der Waals surface area contributed by atoms with Gasteiger partial charge in [0.25, 0.3) is 11.8 Å². The van der Waals surface area contributed by atoms with Gasteiger partial charge in [0, 0.05) is 36.3 Å². The van der Waals surface area contributed by atoms with Gasteiger partial charge in [0.1, 0.15) is 16.7 Å². The molecule has 4 rings (SSSR count). The number of likely N-dealkylation sites (tertiary alicyclic amines) is 1. The molecule has 39 heavy (non-hydrogen) atoms. The molecule has 0 radical (unpaired) electrons. The van der Waals surface area contributed by atoms with E-state index in [1.165, 1.54) is 29.7 Å². The number of thiophene rings is 1. The topological polar surface area (TPSA) is 179 Å². The Hall–Kier alpha value is -3.55. The van der Waals surface area contributed by atoms with Crippen molar-refractivity contribution in [1.29, 1.82) is 5.41 Å². The van der Waals surface area contributed by atoms with Gasteiger partial charge >= 0.3 is 0 Å². The lowest BCUT2D eigenvalue weighted by molar-refractivity contribution is -0.122. The van der Waals surface area contributed by atoms with Crippen molar-refractivity contribution in [3.63, 3.8) is 0 Å². The van der Waals surface area contributed by atoms with Crippen molar-refractivity contribution in [1.82, 2.24) is 25.8 Å². The maximum Gasteiger partial charge on any atom is 0.271 e. The van der Waals surface area contributed by atoms with Crippen LogP contribution in [0.2, 0.25) is 0 Å². The van der Waals surface area contributed by atoms with Crippen LogP contribution in [-0.4, -0.2) is 65.8 Å². The van der Waals surface area contributed by atoms with Gasteiger partial charge in [-0.25, -0.2) is 4.98 Å². The number of nitrogens with two attached hydrogens (primary N) is 2. The van der Waals surface area contributed by atoms with Crippen LogP contribution in [0, 0.1) is 12.3 Å². The Labute approximate surface area is 234 Å². The van der Waals surface area contributed by atoms with E-state index in [4.69, 9.17) is 16.9 Å². The number of amides is 3. The zero-order valence-electron chi connectivity index (χ0n) is 22.0. The lowest BCUT2D eigenvalue weighted by Crippen LogP contribution is -2.45. The molecule has 0 saturated carbocycles. The first kappa shape index (κ1) is 28.5. The molecule has 3 heterocycles. The number of carbonyl (C=O) groups excluding carboxylic acids is 3. The lowest BCUT2D eigenvalue weighted by Gasteiger charge is -2.22. The van der Waals surface area contributed by atoms with Crippen molar-refractivity contribution < 1.29 is 14.4 Å². The monoisotopic (exact) mass is 570 g/mol. The van der Waals surface area contributed by atoms with Gasteiger partial charge in [0.2, 0.25) is 5.91 Å². The van der Waals surface area contributed by atoms with E-state index in [1.807, 2.05) is 25.1 Å². The molecule has 208 valence electrons. The highest BCUT2D eigenvalue weighted by atomic mass is 32.1. The Morgan fingerprint density at radius 1 is 1.26 bits per heavy atom. The molecule has 8 N–H and O–H groups in total. The van der Waals surface area contributed by atoms with Crippen molar-refractivity contribution in [3.8, 4) is 0 Å². The minimum Gasteiger partial charge on any atom is -0.370 e. The third-order valence-corrected chi connectivity index (χ3v) is 8.66. The average molecular weight is 571 g/mol. The quantitative estimate of drug-likeness (QED) is 0.123. The number of aromatic nitrogens is 1. The largest absolute Gasteiger partial charge is 0.370 e. The summed E-state index contributed by atoms with van der Waals surface area (Å²) in [5.41, 5.74) is 12.9. The van der Waals surface area contributed by atoms with Crippen LogP contribution in [0.25, 0.3) is 10.1 Å². The van der Waals surface area contributed by atoms with Crippen LogP contribution in [0.3, 0.4) is 0 Å². The Balaban J connectivity index is 1.43. The Morgan fingerprint density at radius 3 is 2.79 bits per heavy atom. The minimum absolute atomic E-state index is 0.0908. The van der Waals surface area contributed by atoms with Crippen molar-refractivity contribution in [2.75, 3.05) is 20.1 Å². The number of carbonyl (C=O) groups is 3. The molecule has 1 fully saturated rings. The number of unbranched alkanes of at least 4 members (excludes halogenated alkanes) is 1. The first-order valence-electron chi connectivity index (χ1n) is 12.8. The number of benzene rings is 1. The summed E-state index contributed by atoms with van der Waals surface area (Å²) in [7, 11) is 1.52. The number of guanidine groups is 1. The van der Waals surface area contributed by atoms with Crippen LogP contribution >= 0.6 is 22.7 Å². The van der Waals surface area contributed by atoms with Gasteiger partial charge in [-0.1, -0.05) is 12.1 Å². The van der Waals surface area contributed by atoms with Gasteiger partial charge < -0.3 is 32.3 Å². The smallest absolute Gasteiger partial charge is 0.271 e. The highest BCUT2D eigenvalue weighted by Crippen LogP contribution is 2.36.